The van der Waals surface area contributed by atoms with Crippen molar-refractivity contribution in [3.05, 3.63) is 82.6 Å². The molecule has 0 aliphatic carbocycles. The fraction of sp³-hybridized carbons (Fsp3) is 0.227. The van der Waals surface area contributed by atoms with Crippen molar-refractivity contribution in [1.82, 2.24) is 9.97 Å². The Morgan fingerprint density at radius 3 is 2.71 bits per heavy atom. The lowest BCUT2D eigenvalue weighted by atomic mass is 10.0. The molecule has 28 heavy (non-hydrogen) atoms. The van der Waals surface area contributed by atoms with Gasteiger partial charge in [-0.25, -0.2) is 9.97 Å². The maximum Gasteiger partial charge on any atom is 0.274 e. The molecule has 6 heteroatoms. The number of benzene rings is 2. The highest BCUT2D eigenvalue weighted by atomic mass is 35.5. The van der Waals surface area contributed by atoms with Crippen molar-refractivity contribution in [2.45, 2.75) is 26.2 Å². The number of nitrogens with one attached hydrogen (secondary N) is 2. The van der Waals surface area contributed by atoms with Crippen molar-refractivity contribution >= 4 is 29.1 Å². The summed E-state index contributed by atoms with van der Waals surface area (Å²) in [5.41, 5.74) is 3.33. The highest BCUT2D eigenvalue weighted by molar-refractivity contribution is 6.30. The summed E-state index contributed by atoms with van der Waals surface area (Å²) >= 11 is 6.00. The molecular weight excluding hydrogens is 372 g/mol. The molecule has 0 saturated heterocycles. The summed E-state index contributed by atoms with van der Waals surface area (Å²) in [7, 11) is 0. The quantitative estimate of drug-likeness (QED) is 0.580. The first-order valence-corrected chi connectivity index (χ1v) is 9.62. The Labute approximate surface area is 170 Å². The zero-order valence-electron chi connectivity index (χ0n) is 15.9. The average molecular weight is 395 g/mol. The normalized spacial score (nSPS) is 10.7. The van der Waals surface area contributed by atoms with E-state index in [-0.39, 0.29) is 5.91 Å². The predicted octanol–water partition coefficient (Wildman–Crippen LogP) is 5.16. The number of hydrogen-bond donors (Lipinski definition) is 2. The number of aromatic nitrogens is 2. The summed E-state index contributed by atoms with van der Waals surface area (Å²) in [6.07, 6.45) is 2.36. The fourth-order valence-electron chi connectivity index (χ4n) is 2.88. The zero-order chi connectivity index (χ0) is 19.9. The lowest BCUT2D eigenvalue weighted by molar-refractivity contribution is 0.102. The molecule has 2 N–H and O–H groups in total. The Morgan fingerprint density at radius 1 is 1.11 bits per heavy atom. The number of amides is 1. The molecule has 0 radical (unpaired) electrons. The van der Waals surface area contributed by atoms with Crippen molar-refractivity contribution in [2.75, 3.05) is 17.2 Å². The molecule has 0 aliphatic rings. The Kier molecular flexibility index (Phi) is 6.61. The summed E-state index contributed by atoms with van der Waals surface area (Å²) in [6.45, 7) is 4.83. The molecule has 2 aromatic carbocycles. The average Bonchev–Trinajstić information content (AvgIpc) is 2.68. The van der Waals surface area contributed by atoms with Gasteiger partial charge in [0.25, 0.3) is 5.91 Å². The van der Waals surface area contributed by atoms with E-state index in [0.717, 1.165) is 23.2 Å². The van der Waals surface area contributed by atoms with Gasteiger partial charge in [-0.3, -0.25) is 4.79 Å². The maximum absolute atomic E-state index is 12.6. The minimum atomic E-state index is -0.256. The molecule has 3 rings (SSSR count). The van der Waals surface area contributed by atoms with Gasteiger partial charge in [0.05, 0.1) is 0 Å². The van der Waals surface area contributed by atoms with Crippen LogP contribution in [0.1, 0.15) is 41.4 Å². The monoisotopic (exact) mass is 394 g/mol. The SMILES string of the molecule is CC(C)c1ccccc1NC(=O)c1ccnc(NCCc2cccc(Cl)c2)n1. The molecular formula is C22H23ClN4O. The fourth-order valence-corrected chi connectivity index (χ4v) is 3.09. The van der Waals surface area contributed by atoms with Gasteiger partial charge in [-0.15, -0.1) is 0 Å². The summed E-state index contributed by atoms with van der Waals surface area (Å²) in [4.78, 5) is 21.2. The lowest BCUT2D eigenvalue weighted by Crippen LogP contribution is -2.17. The van der Waals surface area contributed by atoms with Crippen molar-refractivity contribution in [3.63, 3.8) is 0 Å². The molecule has 0 spiro atoms. The van der Waals surface area contributed by atoms with Crippen LogP contribution in [0.3, 0.4) is 0 Å². The second-order valence-corrected chi connectivity index (χ2v) is 7.20. The summed E-state index contributed by atoms with van der Waals surface area (Å²) in [5.74, 6) is 0.478. The van der Waals surface area contributed by atoms with Crippen molar-refractivity contribution < 1.29 is 4.79 Å². The molecule has 0 atom stereocenters. The van der Waals surface area contributed by atoms with Crippen LogP contribution in [0.4, 0.5) is 11.6 Å². The molecule has 3 aromatic rings. The topological polar surface area (TPSA) is 66.9 Å². The second-order valence-electron chi connectivity index (χ2n) is 6.77. The third kappa shape index (κ3) is 5.30. The Balaban J connectivity index is 1.63. The van der Waals surface area contributed by atoms with E-state index >= 15 is 0 Å². The molecule has 0 aliphatic heterocycles. The van der Waals surface area contributed by atoms with Gasteiger partial charge in [0, 0.05) is 23.5 Å². The van der Waals surface area contributed by atoms with Gasteiger partial charge in [-0.1, -0.05) is 55.8 Å². The molecule has 1 amide bonds. The number of nitrogens with zero attached hydrogens (tertiary/aromatic N) is 2. The highest BCUT2D eigenvalue weighted by Gasteiger charge is 2.12. The van der Waals surface area contributed by atoms with Crippen LogP contribution in [0.2, 0.25) is 5.02 Å². The van der Waals surface area contributed by atoms with E-state index in [2.05, 4.69) is 34.4 Å². The van der Waals surface area contributed by atoms with E-state index in [9.17, 15) is 4.79 Å². The molecule has 5 nitrogen and oxygen atoms in total. The van der Waals surface area contributed by atoms with Gasteiger partial charge in [0.15, 0.2) is 0 Å². The Morgan fingerprint density at radius 2 is 1.93 bits per heavy atom. The summed E-state index contributed by atoms with van der Waals surface area (Å²) in [5, 5.41) is 6.82. The van der Waals surface area contributed by atoms with Crippen LogP contribution in [0.5, 0.6) is 0 Å². The van der Waals surface area contributed by atoms with Gasteiger partial charge in [0.2, 0.25) is 5.95 Å². The lowest BCUT2D eigenvalue weighted by Gasteiger charge is -2.13. The minimum Gasteiger partial charge on any atom is -0.354 e. The number of carbonyl (C=O) groups is 1. The molecule has 1 aromatic heterocycles. The van der Waals surface area contributed by atoms with Crippen LogP contribution in [0, 0.1) is 0 Å². The summed E-state index contributed by atoms with van der Waals surface area (Å²) in [6, 6.07) is 17.1. The van der Waals surface area contributed by atoms with E-state index in [1.165, 1.54) is 0 Å². The Hall–Kier alpha value is -2.92. The first kappa shape index (κ1) is 19.8. The van der Waals surface area contributed by atoms with Crippen molar-refractivity contribution in [1.29, 1.82) is 0 Å². The minimum absolute atomic E-state index is 0.256. The number of halogens is 1. The largest absolute Gasteiger partial charge is 0.354 e. The third-order valence-electron chi connectivity index (χ3n) is 4.31. The third-order valence-corrected chi connectivity index (χ3v) is 4.54. The van der Waals surface area contributed by atoms with Crippen LogP contribution < -0.4 is 10.6 Å². The van der Waals surface area contributed by atoms with E-state index in [4.69, 9.17) is 11.6 Å². The van der Waals surface area contributed by atoms with Crippen molar-refractivity contribution in [2.24, 2.45) is 0 Å². The first-order valence-electron chi connectivity index (χ1n) is 9.24. The van der Waals surface area contributed by atoms with Gasteiger partial charge in [0.1, 0.15) is 5.69 Å². The van der Waals surface area contributed by atoms with E-state index in [1.807, 2.05) is 48.5 Å². The van der Waals surface area contributed by atoms with Crippen LogP contribution >= 0.6 is 11.6 Å². The molecule has 0 saturated carbocycles. The summed E-state index contributed by atoms with van der Waals surface area (Å²) < 4.78 is 0. The van der Waals surface area contributed by atoms with Gasteiger partial charge < -0.3 is 10.6 Å². The number of rotatable bonds is 7. The number of hydrogen-bond acceptors (Lipinski definition) is 4. The van der Waals surface area contributed by atoms with E-state index in [0.29, 0.717) is 29.1 Å². The number of carbonyl (C=O) groups excluding carboxylic acids is 1. The highest BCUT2D eigenvalue weighted by Crippen LogP contribution is 2.24. The van der Waals surface area contributed by atoms with Crippen LogP contribution in [0.15, 0.2) is 60.8 Å². The molecule has 0 bridgehead atoms. The standard InChI is InChI=1S/C22H23ClN4O/c1-15(2)18-8-3-4-9-19(18)26-21(28)20-11-13-25-22(27-20)24-12-10-16-6-5-7-17(23)14-16/h3-9,11,13-15H,10,12H2,1-2H3,(H,26,28)(H,24,25,27). The molecule has 0 unspecified atom stereocenters. The van der Waals surface area contributed by atoms with E-state index in [1.54, 1.807) is 12.3 Å². The predicted molar refractivity (Wildman–Crippen MR) is 114 cm³/mol. The maximum atomic E-state index is 12.6. The molecule has 144 valence electrons. The van der Waals surface area contributed by atoms with Gasteiger partial charge >= 0.3 is 0 Å². The number of anilines is 2. The first-order chi connectivity index (χ1) is 13.5. The molecule has 1 heterocycles. The van der Waals surface area contributed by atoms with E-state index < -0.39 is 0 Å². The van der Waals surface area contributed by atoms with Gasteiger partial charge in [-0.2, -0.15) is 0 Å². The second kappa shape index (κ2) is 9.33. The molecule has 0 fully saturated rings. The van der Waals surface area contributed by atoms with Crippen LogP contribution in [-0.2, 0) is 6.42 Å². The Bertz CT molecular complexity index is 959. The van der Waals surface area contributed by atoms with Crippen molar-refractivity contribution in [3.8, 4) is 0 Å². The zero-order valence-corrected chi connectivity index (χ0v) is 16.7. The van der Waals surface area contributed by atoms with Crippen LogP contribution in [-0.4, -0.2) is 22.4 Å². The smallest absolute Gasteiger partial charge is 0.274 e. The number of para-hydroxylation sites is 1. The van der Waals surface area contributed by atoms with Crippen LogP contribution in [0.25, 0.3) is 0 Å². The van der Waals surface area contributed by atoms with Gasteiger partial charge in [-0.05, 0) is 47.7 Å².